The predicted octanol–water partition coefficient (Wildman–Crippen LogP) is 1.12. The number of nitrogens with two attached hydrogens (primary N) is 1. The highest BCUT2D eigenvalue weighted by Crippen LogP contribution is 2.40. The molecule has 0 amide bonds. The molecule has 1 aromatic rings. The molecule has 21 heavy (non-hydrogen) atoms. The van der Waals surface area contributed by atoms with Crippen LogP contribution in [0.1, 0.15) is 12.8 Å². The lowest BCUT2D eigenvalue weighted by atomic mass is 10.4. The number of rotatable bonds is 6. The molecule has 9 heteroatoms. The molecule has 1 aromatic heterocycles. The Labute approximate surface area is 133 Å². The van der Waals surface area contributed by atoms with Crippen LogP contribution in [0.4, 0.5) is 10.8 Å². The summed E-state index contributed by atoms with van der Waals surface area (Å²) in [5.41, 5.74) is 5.77. The van der Waals surface area contributed by atoms with Crippen LogP contribution in [-0.4, -0.2) is 60.6 Å². The SMILES string of the molecule is Nc1nsc(NCCN2CCSCC2)c1S(=O)(=O)C1CC1. The number of anilines is 2. The maximum absolute atomic E-state index is 12.4. The average Bonchev–Trinajstić information content (AvgIpc) is 3.25. The fraction of sp³-hybridized carbons (Fsp3) is 0.750. The van der Waals surface area contributed by atoms with Gasteiger partial charge in [-0.25, -0.2) is 8.42 Å². The first kappa shape index (κ1) is 15.4. The maximum atomic E-state index is 12.4. The number of nitrogens with zero attached hydrogens (tertiary/aromatic N) is 2. The van der Waals surface area contributed by atoms with Crippen LogP contribution in [0, 0.1) is 0 Å². The molecule has 0 radical (unpaired) electrons. The molecule has 2 aliphatic rings. The summed E-state index contributed by atoms with van der Waals surface area (Å²) in [6, 6.07) is 0. The predicted molar refractivity (Wildman–Crippen MR) is 89.0 cm³/mol. The third kappa shape index (κ3) is 3.46. The maximum Gasteiger partial charge on any atom is 0.187 e. The van der Waals surface area contributed by atoms with E-state index in [4.69, 9.17) is 5.73 Å². The molecule has 2 fully saturated rings. The number of thioether (sulfide) groups is 1. The molecule has 1 aliphatic heterocycles. The van der Waals surface area contributed by atoms with Crippen molar-refractivity contribution in [2.75, 3.05) is 48.7 Å². The Morgan fingerprint density at radius 1 is 1.33 bits per heavy atom. The number of nitrogen functional groups attached to an aromatic ring is 1. The Kier molecular flexibility index (Phi) is 4.63. The van der Waals surface area contributed by atoms with E-state index in [9.17, 15) is 8.42 Å². The Balaban J connectivity index is 1.63. The van der Waals surface area contributed by atoms with Crippen molar-refractivity contribution in [1.82, 2.24) is 9.27 Å². The van der Waals surface area contributed by atoms with Crippen LogP contribution in [-0.2, 0) is 9.84 Å². The van der Waals surface area contributed by atoms with Crippen LogP contribution in [0.25, 0.3) is 0 Å². The van der Waals surface area contributed by atoms with Crippen LogP contribution in [0.15, 0.2) is 4.90 Å². The van der Waals surface area contributed by atoms with Gasteiger partial charge in [-0.05, 0) is 24.4 Å². The third-order valence-corrected chi connectivity index (χ3v) is 7.96. The summed E-state index contributed by atoms with van der Waals surface area (Å²) in [5, 5.41) is 3.57. The van der Waals surface area contributed by atoms with Crippen molar-refractivity contribution in [3.63, 3.8) is 0 Å². The molecule has 0 aromatic carbocycles. The quantitative estimate of drug-likeness (QED) is 0.796. The number of sulfone groups is 1. The van der Waals surface area contributed by atoms with Gasteiger partial charge in [-0.3, -0.25) is 4.90 Å². The molecule has 0 atom stereocenters. The lowest BCUT2D eigenvalue weighted by Gasteiger charge is -2.26. The van der Waals surface area contributed by atoms with Crippen molar-refractivity contribution in [2.24, 2.45) is 0 Å². The van der Waals surface area contributed by atoms with Gasteiger partial charge in [-0.2, -0.15) is 16.1 Å². The summed E-state index contributed by atoms with van der Waals surface area (Å²) in [6.07, 6.45) is 1.48. The van der Waals surface area contributed by atoms with E-state index in [-0.39, 0.29) is 16.0 Å². The van der Waals surface area contributed by atoms with Crippen molar-refractivity contribution in [2.45, 2.75) is 23.0 Å². The zero-order valence-corrected chi connectivity index (χ0v) is 14.2. The first-order valence-electron chi connectivity index (χ1n) is 7.12. The third-order valence-electron chi connectivity index (χ3n) is 3.74. The van der Waals surface area contributed by atoms with Crippen molar-refractivity contribution < 1.29 is 8.42 Å². The second-order valence-corrected chi connectivity index (χ2v) is 9.51. The van der Waals surface area contributed by atoms with Gasteiger partial charge >= 0.3 is 0 Å². The van der Waals surface area contributed by atoms with Crippen molar-refractivity contribution in [3.05, 3.63) is 0 Å². The minimum Gasteiger partial charge on any atom is -0.382 e. The van der Waals surface area contributed by atoms with E-state index in [1.807, 2.05) is 11.8 Å². The van der Waals surface area contributed by atoms with Crippen LogP contribution in [0.5, 0.6) is 0 Å². The van der Waals surface area contributed by atoms with E-state index in [0.717, 1.165) is 50.6 Å². The number of hydrogen-bond acceptors (Lipinski definition) is 8. The van der Waals surface area contributed by atoms with Gasteiger partial charge in [0.05, 0.1) is 5.25 Å². The van der Waals surface area contributed by atoms with Gasteiger partial charge in [-0.1, -0.05) is 0 Å². The molecular formula is C12H20N4O2S3. The average molecular weight is 349 g/mol. The summed E-state index contributed by atoms with van der Waals surface area (Å²) in [7, 11) is -3.30. The van der Waals surface area contributed by atoms with Crippen molar-refractivity contribution in [1.29, 1.82) is 0 Å². The normalized spacial score (nSPS) is 20.6. The Bertz CT molecular complexity index is 592. The highest BCUT2D eigenvalue weighted by Gasteiger charge is 2.40. The fourth-order valence-electron chi connectivity index (χ4n) is 2.38. The molecule has 2 heterocycles. The van der Waals surface area contributed by atoms with Crippen LogP contribution in [0.3, 0.4) is 0 Å². The summed E-state index contributed by atoms with van der Waals surface area (Å²) in [5.74, 6) is 2.49. The van der Waals surface area contributed by atoms with Gasteiger partial charge in [0.2, 0.25) is 0 Å². The van der Waals surface area contributed by atoms with Crippen LogP contribution < -0.4 is 11.1 Å². The lowest BCUT2D eigenvalue weighted by molar-refractivity contribution is 0.314. The summed E-state index contributed by atoms with van der Waals surface area (Å²) < 4.78 is 28.8. The van der Waals surface area contributed by atoms with E-state index >= 15 is 0 Å². The van der Waals surface area contributed by atoms with Gasteiger partial charge in [0.25, 0.3) is 0 Å². The number of nitrogens with one attached hydrogen (secondary N) is 1. The topological polar surface area (TPSA) is 88.3 Å². The highest BCUT2D eigenvalue weighted by atomic mass is 32.2. The van der Waals surface area contributed by atoms with E-state index < -0.39 is 9.84 Å². The summed E-state index contributed by atoms with van der Waals surface area (Å²) in [4.78, 5) is 2.62. The molecule has 118 valence electrons. The largest absolute Gasteiger partial charge is 0.382 e. The fourth-order valence-corrected chi connectivity index (χ4v) is 6.27. The minimum absolute atomic E-state index is 0.142. The lowest BCUT2D eigenvalue weighted by Crippen LogP contribution is -2.36. The molecule has 0 unspecified atom stereocenters. The molecule has 1 saturated carbocycles. The second-order valence-electron chi connectivity index (χ2n) is 5.35. The van der Waals surface area contributed by atoms with Gasteiger partial charge in [0, 0.05) is 37.7 Å². The van der Waals surface area contributed by atoms with Gasteiger partial charge in [-0.15, -0.1) is 0 Å². The molecule has 3 N–H and O–H groups in total. The first-order valence-corrected chi connectivity index (χ1v) is 10.6. The number of hydrogen-bond donors (Lipinski definition) is 2. The first-order chi connectivity index (χ1) is 10.1. The Morgan fingerprint density at radius 2 is 2.05 bits per heavy atom. The highest BCUT2D eigenvalue weighted by molar-refractivity contribution is 7.99. The molecule has 0 bridgehead atoms. The van der Waals surface area contributed by atoms with E-state index in [1.165, 1.54) is 11.5 Å². The standard InChI is InChI=1S/C12H20N4O2S3/c13-11-10(21(17,18)9-1-2-9)12(20-15-11)14-3-4-16-5-7-19-8-6-16/h9,14H,1-8H2,(H2,13,15). The number of aromatic nitrogens is 1. The van der Waals surface area contributed by atoms with Crippen LogP contribution in [0.2, 0.25) is 0 Å². The molecular weight excluding hydrogens is 328 g/mol. The Morgan fingerprint density at radius 3 is 2.71 bits per heavy atom. The zero-order chi connectivity index (χ0) is 14.9. The molecule has 6 nitrogen and oxygen atoms in total. The monoisotopic (exact) mass is 348 g/mol. The Hall–Kier alpha value is -0.510. The summed E-state index contributed by atoms with van der Waals surface area (Å²) in [6.45, 7) is 3.84. The molecule has 1 aliphatic carbocycles. The molecule has 1 saturated heterocycles. The van der Waals surface area contributed by atoms with Crippen molar-refractivity contribution >= 4 is 44.0 Å². The van der Waals surface area contributed by atoms with Crippen molar-refractivity contribution in [3.8, 4) is 0 Å². The van der Waals surface area contributed by atoms with Gasteiger partial charge in [0.15, 0.2) is 15.7 Å². The minimum atomic E-state index is -3.30. The second kappa shape index (κ2) is 6.31. The van der Waals surface area contributed by atoms with E-state index in [2.05, 4.69) is 14.6 Å². The van der Waals surface area contributed by atoms with E-state index in [1.54, 1.807) is 0 Å². The van der Waals surface area contributed by atoms with Gasteiger partial charge in [0.1, 0.15) is 9.90 Å². The molecule has 0 spiro atoms. The smallest absolute Gasteiger partial charge is 0.187 e. The van der Waals surface area contributed by atoms with Gasteiger partial charge < -0.3 is 11.1 Å². The summed E-state index contributed by atoms with van der Waals surface area (Å²) >= 11 is 3.13. The zero-order valence-electron chi connectivity index (χ0n) is 11.7. The van der Waals surface area contributed by atoms with Crippen LogP contribution >= 0.6 is 23.3 Å². The van der Waals surface area contributed by atoms with E-state index in [0.29, 0.717) is 5.00 Å². The molecule has 3 rings (SSSR count).